The molecule has 0 aromatic heterocycles. The number of hydrogen-bond acceptors (Lipinski definition) is 3. The molecule has 1 heterocycles. The minimum absolute atomic E-state index is 0.571. The number of rotatable bonds is 4. The van der Waals surface area contributed by atoms with Crippen molar-refractivity contribution in [2.75, 3.05) is 45.2 Å². The number of piperazine rings is 1. The number of nitrogens with zero attached hydrogens (tertiary/aromatic N) is 2. The van der Waals surface area contributed by atoms with Gasteiger partial charge in [0, 0.05) is 31.9 Å². The molecule has 100 valence electrons. The van der Waals surface area contributed by atoms with Crippen LogP contribution in [0.2, 0.25) is 0 Å². The molecule has 1 aromatic rings. The van der Waals surface area contributed by atoms with Gasteiger partial charge in [-0.05, 0) is 32.1 Å². The van der Waals surface area contributed by atoms with Crippen LogP contribution in [0.15, 0.2) is 24.3 Å². The van der Waals surface area contributed by atoms with Gasteiger partial charge in [0.2, 0.25) is 0 Å². The van der Waals surface area contributed by atoms with Crippen molar-refractivity contribution >= 4 is 5.69 Å². The van der Waals surface area contributed by atoms with E-state index in [4.69, 9.17) is 0 Å². The average molecular weight is 247 g/mol. The van der Waals surface area contributed by atoms with E-state index in [1.54, 1.807) is 0 Å². The van der Waals surface area contributed by atoms with Crippen LogP contribution in [0, 0.1) is 0 Å². The van der Waals surface area contributed by atoms with Crippen molar-refractivity contribution < 1.29 is 0 Å². The molecule has 1 aromatic carbocycles. The Morgan fingerprint density at radius 1 is 1.28 bits per heavy atom. The third kappa shape index (κ3) is 2.85. The van der Waals surface area contributed by atoms with Gasteiger partial charge >= 0.3 is 0 Å². The van der Waals surface area contributed by atoms with Crippen LogP contribution in [-0.4, -0.2) is 51.2 Å². The fourth-order valence-electron chi connectivity index (χ4n) is 2.83. The monoisotopic (exact) mass is 247 g/mol. The maximum atomic E-state index is 3.33. The van der Waals surface area contributed by atoms with Gasteiger partial charge in [0.1, 0.15) is 0 Å². The normalized spacial score (nSPS) is 21.3. The minimum atomic E-state index is 0.571. The van der Waals surface area contributed by atoms with Crippen LogP contribution in [0.4, 0.5) is 5.69 Å². The predicted octanol–water partition coefficient (Wildman–Crippen LogP) is 1.59. The summed E-state index contributed by atoms with van der Waals surface area (Å²) < 4.78 is 0. The first-order valence-electron chi connectivity index (χ1n) is 6.94. The minimum Gasteiger partial charge on any atom is -0.364 e. The number of nitrogens with one attached hydrogen (secondary N) is 1. The molecule has 0 radical (unpaired) electrons. The molecule has 0 bridgehead atoms. The zero-order valence-electron chi connectivity index (χ0n) is 11.8. The van der Waals surface area contributed by atoms with E-state index < -0.39 is 0 Å². The summed E-state index contributed by atoms with van der Waals surface area (Å²) in [5, 5.41) is 3.33. The first kappa shape index (κ1) is 13.4. The van der Waals surface area contributed by atoms with Gasteiger partial charge in [-0.1, -0.05) is 25.1 Å². The number of hydrogen-bond donors (Lipinski definition) is 1. The molecule has 1 fully saturated rings. The Kier molecular flexibility index (Phi) is 4.61. The van der Waals surface area contributed by atoms with Crippen molar-refractivity contribution in [1.82, 2.24) is 10.2 Å². The Hall–Kier alpha value is -1.06. The number of para-hydroxylation sites is 1. The van der Waals surface area contributed by atoms with E-state index in [2.05, 4.69) is 53.4 Å². The van der Waals surface area contributed by atoms with E-state index in [-0.39, 0.29) is 0 Å². The second kappa shape index (κ2) is 6.21. The summed E-state index contributed by atoms with van der Waals surface area (Å²) in [5.41, 5.74) is 2.89. The van der Waals surface area contributed by atoms with E-state index in [0.717, 1.165) is 32.6 Å². The van der Waals surface area contributed by atoms with Crippen molar-refractivity contribution in [2.45, 2.75) is 19.4 Å². The summed E-state index contributed by atoms with van der Waals surface area (Å²) in [6.45, 7) is 6.70. The fraction of sp³-hybridized carbons (Fsp3) is 0.600. The van der Waals surface area contributed by atoms with Crippen LogP contribution in [0.5, 0.6) is 0 Å². The maximum Gasteiger partial charge on any atom is 0.0541 e. The van der Waals surface area contributed by atoms with E-state index >= 15 is 0 Å². The zero-order valence-corrected chi connectivity index (χ0v) is 11.8. The topological polar surface area (TPSA) is 18.5 Å². The summed E-state index contributed by atoms with van der Waals surface area (Å²) in [4.78, 5) is 5.00. The van der Waals surface area contributed by atoms with Crippen molar-refractivity contribution in [3.05, 3.63) is 29.8 Å². The van der Waals surface area contributed by atoms with Crippen molar-refractivity contribution in [3.63, 3.8) is 0 Å². The second-order valence-corrected chi connectivity index (χ2v) is 5.15. The Morgan fingerprint density at radius 2 is 2.06 bits per heavy atom. The van der Waals surface area contributed by atoms with Gasteiger partial charge in [0.15, 0.2) is 0 Å². The van der Waals surface area contributed by atoms with Gasteiger partial charge in [-0.3, -0.25) is 0 Å². The number of benzene rings is 1. The quantitative estimate of drug-likeness (QED) is 0.871. The summed E-state index contributed by atoms with van der Waals surface area (Å²) in [6.07, 6.45) is 1.11. The zero-order chi connectivity index (χ0) is 13.0. The SMILES string of the molecule is CCc1ccccc1N1CCN(C)CC1CNC. The van der Waals surface area contributed by atoms with Gasteiger partial charge in [-0.15, -0.1) is 0 Å². The lowest BCUT2D eigenvalue weighted by atomic mass is 10.1. The lowest BCUT2D eigenvalue weighted by Crippen LogP contribution is -2.55. The Labute approximate surface area is 111 Å². The van der Waals surface area contributed by atoms with Gasteiger partial charge in [-0.2, -0.15) is 0 Å². The molecule has 18 heavy (non-hydrogen) atoms. The highest BCUT2D eigenvalue weighted by molar-refractivity contribution is 5.55. The average Bonchev–Trinajstić information content (AvgIpc) is 2.39. The van der Waals surface area contributed by atoms with Crippen LogP contribution >= 0.6 is 0 Å². The summed E-state index contributed by atoms with van der Waals surface area (Å²) >= 11 is 0. The highest BCUT2D eigenvalue weighted by Crippen LogP contribution is 2.24. The molecule has 1 aliphatic rings. The molecule has 1 N–H and O–H groups in total. The van der Waals surface area contributed by atoms with Gasteiger partial charge < -0.3 is 15.1 Å². The Morgan fingerprint density at radius 3 is 2.78 bits per heavy atom. The number of likely N-dealkylation sites (N-methyl/N-ethyl adjacent to an activating group) is 2. The molecule has 3 nitrogen and oxygen atoms in total. The molecule has 1 atom stereocenters. The summed E-state index contributed by atoms with van der Waals surface area (Å²) in [5.74, 6) is 0. The van der Waals surface area contributed by atoms with Crippen LogP contribution < -0.4 is 10.2 Å². The third-order valence-corrected chi connectivity index (χ3v) is 3.81. The van der Waals surface area contributed by atoms with Crippen molar-refractivity contribution in [2.24, 2.45) is 0 Å². The molecule has 3 heteroatoms. The fourth-order valence-corrected chi connectivity index (χ4v) is 2.83. The molecule has 0 spiro atoms. The lowest BCUT2D eigenvalue weighted by Gasteiger charge is -2.42. The first-order valence-corrected chi connectivity index (χ1v) is 6.94. The van der Waals surface area contributed by atoms with E-state index in [1.807, 2.05) is 7.05 Å². The van der Waals surface area contributed by atoms with Gasteiger partial charge in [-0.25, -0.2) is 0 Å². The maximum absolute atomic E-state index is 3.33. The molecule has 0 aliphatic carbocycles. The molecular weight excluding hydrogens is 222 g/mol. The van der Waals surface area contributed by atoms with Crippen LogP contribution in [0.25, 0.3) is 0 Å². The summed E-state index contributed by atoms with van der Waals surface area (Å²) in [7, 11) is 4.25. The van der Waals surface area contributed by atoms with Gasteiger partial charge in [0.25, 0.3) is 0 Å². The third-order valence-electron chi connectivity index (χ3n) is 3.81. The van der Waals surface area contributed by atoms with Crippen molar-refractivity contribution in [3.8, 4) is 0 Å². The Balaban J connectivity index is 2.23. The molecule has 1 saturated heterocycles. The Bertz CT molecular complexity index is 378. The number of aryl methyl sites for hydroxylation is 1. The standard InChI is InChI=1S/C15H25N3/c1-4-13-7-5-6-8-15(13)18-10-9-17(3)12-14(18)11-16-2/h5-8,14,16H,4,9-12H2,1-3H3. The van der Waals surface area contributed by atoms with E-state index in [1.165, 1.54) is 11.3 Å². The molecule has 0 amide bonds. The smallest absolute Gasteiger partial charge is 0.0541 e. The van der Waals surface area contributed by atoms with Crippen LogP contribution in [0.3, 0.4) is 0 Å². The van der Waals surface area contributed by atoms with Crippen LogP contribution in [0.1, 0.15) is 12.5 Å². The lowest BCUT2D eigenvalue weighted by molar-refractivity contribution is 0.264. The molecular formula is C15H25N3. The number of anilines is 1. The first-order chi connectivity index (χ1) is 8.76. The highest BCUT2D eigenvalue weighted by atomic mass is 15.3. The summed E-state index contributed by atoms with van der Waals surface area (Å²) in [6, 6.07) is 9.40. The van der Waals surface area contributed by atoms with E-state index in [0.29, 0.717) is 6.04 Å². The van der Waals surface area contributed by atoms with Crippen LogP contribution in [-0.2, 0) is 6.42 Å². The van der Waals surface area contributed by atoms with Gasteiger partial charge in [0.05, 0.1) is 6.04 Å². The predicted molar refractivity (Wildman–Crippen MR) is 78.4 cm³/mol. The highest BCUT2D eigenvalue weighted by Gasteiger charge is 2.25. The molecule has 1 unspecified atom stereocenters. The molecule has 1 aliphatic heterocycles. The second-order valence-electron chi connectivity index (χ2n) is 5.15. The van der Waals surface area contributed by atoms with Crippen molar-refractivity contribution in [1.29, 1.82) is 0 Å². The molecule has 0 saturated carbocycles. The largest absolute Gasteiger partial charge is 0.364 e. The van der Waals surface area contributed by atoms with E-state index in [9.17, 15) is 0 Å². The molecule has 2 rings (SSSR count).